The smallest absolute Gasteiger partial charge is 0.242 e. The largest absolute Gasteiger partial charge is 0.381 e. The number of nitrogens with zero attached hydrogens (tertiary/aromatic N) is 4. The van der Waals surface area contributed by atoms with E-state index in [1.54, 1.807) is 23.5 Å². The lowest BCUT2D eigenvalue weighted by Gasteiger charge is -2.30. The highest BCUT2D eigenvalue weighted by Crippen LogP contribution is 2.20. The van der Waals surface area contributed by atoms with Gasteiger partial charge in [-0.05, 0) is 42.5 Å². The number of carbonyl (C=O) groups excluding carboxylic acids is 2. The Labute approximate surface area is 198 Å². The minimum atomic E-state index is -0.264. The molecule has 0 radical (unpaired) electrons. The van der Waals surface area contributed by atoms with Crippen molar-refractivity contribution < 1.29 is 19.1 Å². The molecule has 176 valence electrons. The quantitative estimate of drug-likeness (QED) is 0.547. The maximum Gasteiger partial charge on any atom is 0.242 e. The van der Waals surface area contributed by atoms with E-state index in [0.717, 1.165) is 36.6 Å². The fourth-order valence-electron chi connectivity index (χ4n) is 4.05. The topological polar surface area (TPSA) is 84.9 Å². The molecule has 0 bridgehead atoms. The van der Waals surface area contributed by atoms with E-state index in [9.17, 15) is 9.59 Å². The van der Waals surface area contributed by atoms with E-state index < -0.39 is 0 Å². The normalized spacial score (nSPS) is 20.0. The number of rotatable bonds is 8. The van der Waals surface area contributed by atoms with Crippen LogP contribution in [0, 0.1) is 5.92 Å². The van der Waals surface area contributed by atoms with Crippen LogP contribution < -0.4 is 0 Å². The molecule has 8 nitrogen and oxygen atoms in total. The molecule has 9 heteroatoms. The van der Waals surface area contributed by atoms with Crippen LogP contribution in [0.15, 0.2) is 53.9 Å². The zero-order valence-corrected chi connectivity index (χ0v) is 19.5. The maximum atomic E-state index is 13.1. The summed E-state index contributed by atoms with van der Waals surface area (Å²) in [7, 11) is 0. The van der Waals surface area contributed by atoms with Crippen molar-refractivity contribution in [3.05, 3.63) is 54.5 Å². The molecule has 1 atom stereocenters. The minimum absolute atomic E-state index is 0.0230. The predicted molar refractivity (Wildman–Crippen MR) is 124 cm³/mol. The number of carbonyl (C=O) groups is 2. The molecule has 4 heterocycles. The van der Waals surface area contributed by atoms with E-state index in [0.29, 0.717) is 32.2 Å². The molecule has 0 spiro atoms. The standard InChI is InChI=1S/C24H30N4O4S/c29-23-16-28(24(30)18-33-22-5-1-2-9-26-22)15-21(32-17-20-4-3-8-25-12-20)14-27(23)13-19-6-10-31-11-7-19/h1-5,8-9,12,19,21H,6-7,10-11,13-18H2/t21-/m1/s1. The number of aromatic nitrogens is 2. The van der Waals surface area contributed by atoms with Gasteiger partial charge in [0, 0.05) is 51.4 Å². The van der Waals surface area contributed by atoms with E-state index in [2.05, 4.69) is 9.97 Å². The van der Waals surface area contributed by atoms with Crippen molar-refractivity contribution in [2.75, 3.05) is 45.1 Å². The number of amides is 2. The highest BCUT2D eigenvalue weighted by Gasteiger charge is 2.32. The summed E-state index contributed by atoms with van der Waals surface area (Å²) in [5.74, 6) is 0.551. The van der Waals surface area contributed by atoms with Gasteiger partial charge in [0.1, 0.15) is 0 Å². The summed E-state index contributed by atoms with van der Waals surface area (Å²) in [6, 6.07) is 9.45. The third-order valence-corrected chi connectivity index (χ3v) is 6.82. The molecule has 2 amide bonds. The van der Waals surface area contributed by atoms with Crippen molar-refractivity contribution in [3.8, 4) is 0 Å². The molecule has 0 unspecified atom stereocenters. The first-order valence-corrected chi connectivity index (χ1v) is 12.3. The van der Waals surface area contributed by atoms with E-state index >= 15 is 0 Å². The summed E-state index contributed by atoms with van der Waals surface area (Å²) in [5, 5.41) is 0.789. The highest BCUT2D eigenvalue weighted by molar-refractivity contribution is 7.99. The zero-order valence-electron chi connectivity index (χ0n) is 18.7. The van der Waals surface area contributed by atoms with Gasteiger partial charge in [-0.2, -0.15) is 0 Å². The average Bonchev–Trinajstić information content (AvgIpc) is 3.02. The van der Waals surface area contributed by atoms with Gasteiger partial charge in [0.15, 0.2) is 0 Å². The lowest BCUT2D eigenvalue weighted by molar-refractivity contribution is -0.137. The molecule has 2 aromatic heterocycles. The third kappa shape index (κ3) is 7.25. The summed E-state index contributed by atoms with van der Waals surface area (Å²) in [6.45, 7) is 3.50. The second-order valence-corrected chi connectivity index (χ2v) is 9.38. The Balaban J connectivity index is 1.41. The van der Waals surface area contributed by atoms with Crippen LogP contribution in [-0.4, -0.2) is 82.8 Å². The molecule has 0 aromatic carbocycles. The van der Waals surface area contributed by atoms with Crippen LogP contribution in [0.5, 0.6) is 0 Å². The van der Waals surface area contributed by atoms with Crippen LogP contribution in [0.4, 0.5) is 0 Å². The molecular formula is C24H30N4O4S. The average molecular weight is 471 g/mol. The first kappa shape index (κ1) is 23.7. The van der Waals surface area contributed by atoms with Gasteiger partial charge in [0.2, 0.25) is 11.8 Å². The first-order valence-electron chi connectivity index (χ1n) is 11.3. The molecule has 2 aromatic rings. The van der Waals surface area contributed by atoms with Crippen molar-refractivity contribution in [1.82, 2.24) is 19.8 Å². The van der Waals surface area contributed by atoms with Crippen molar-refractivity contribution in [2.24, 2.45) is 5.92 Å². The molecule has 0 saturated carbocycles. The Kier molecular flexibility index (Phi) is 8.68. The molecule has 2 aliphatic heterocycles. The van der Waals surface area contributed by atoms with E-state index in [1.165, 1.54) is 11.8 Å². The Morgan fingerprint density at radius 3 is 2.79 bits per heavy atom. The second kappa shape index (κ2) is 12.1. The fourth-order valence-corrected chi connectivity index (χ4v) is 4.81. The Morgan fingerprint density at radius 1 is 1.15 bits per heavy atom. The molecule has 0 N–H and O–H groups in total. The molecule has 33 heavy (non-hydrogen) atoms. The van der Waals surface area contributed by atoms with Gasteiger partial charge in [0.25, 0.3) is 0 Å². The molecule has 2 aliphatic rings. The lowest BCUT2D eigenvalue weighted by atomic mass is 9.99. The summed E-state index contributed by atoms with van der Waals surface area (Å²) in [6.07, 6.45) is 6.85. The second-order valence-electron chi connectivity index (χ2n) is 8.38. The van der Waals surface area contributed by atoms with Crippen LogP contribution in [0.3, 0.4) is 0 Å². The zero-order chi connectivity index (χ0) is 22.9. The van der Waals surface area contributed by atoms with Crippen LogP contribution in [0.25, 0.3) is 0 Å². The van der Waals surface area contributed by atoms with Gasteiger partial charge < -0.3 is 19.3 Å². The number of ether oxygens (including phenoxy) is 2. The maximum absolute atomic E-state index is 13.1. The van der Waals surface area contributed by atoms with Gasteiger partial charge in [0.05, 0.1) is 30.0 Å². The summed E-state index contributed by atoms with van der Waals surface area (Å²) in [4.78, 5) is 38.0. The van der Waals surface area contributed by atoms with E-state index in [-0.39, 0.29) is 30.2 Å². The van der Waals surface area contributed by atoms with Crippen LogP contribution >= 0.6 is 11.8 Å². The van der Waals surface area contributed by atoms with Crippen LogP contribution in [0.2, 0.25) is 0 Å². The molecule has 0 aliphatic carbocycles. The number of hydrogen-bond donors (Lipinski definition) is 0. The number of pyridine rings is 2. The van der Waals surface area contributed by atoms with Crippen molar-refractivity contribution in [3.63, 3.8) is 0 Å². The summed E-state index contributed by atoms with van der Waals surface area (Å²) >= 11 is 1.38. The predicted octanol–water partition coefficient (Wildman–Crippen LogP) is 2.25. The van der Waals surface area contributed by atoms with Gasteiger partial charge >= 0.3 is 0 Å². The Bertz CT molecular complexity index is 896. The Hall–Kier alpha value is -2.49. The van der Waals surface area contributed by atoms with Gasteiger partial charge in [-0.1, -0.05) is 23.9 Å². The highest BCUT2D eigenvalue weighted by atomic mass is 32.2. The van der Waals surface area contributed by atoms with Crippen molar-refractivity contribution in [1.29, 1.82) is 0 Å². The summed E-state index contributed by atoms with van der Waals surface area (Å²) < 4.78 is 11.7. The molecule has 4 rings (SSSR count). The van der Waals surface area contributed by atoms with Crippen molar-refractivity contribution >= 4 is 23.6 Å². The third-order valence-electron chi connectivity index (χ3n) is 5.89. The van der Waals surface area contributed by atoms with Crippen LogP contribution in [-0.2, 0) is 25.7 Å². The fraction of sp³-hybridized carbons (Fsp3) is 0.500. The molecule has 2 saturated heterocycles. The van der Waals surface area contributed by atoms with E-state index in [4.69, 9.17) is 9.47 Å². The van der Waals surface area contributed by atoms with Crippen LogP contribution in [0.1, 0.15) is 18.4 Å². The van der Waals surface area contributed by atoms with Gasteiger partial charge in [-0.25, -0.2) is 4.98 Å². The van der Waals surface area contributed by atoms with Gasteiger partial charge in [-0.3, -0.25) is 14.6 Å². The SMILES string of the molecule is O=C(CSc1ccccn1)N1CC(=O)N(CC2CCOCC2)C[C@@H](OCc2cccnc2)C1. The van der Waals surface area contributed by atoms with Gasteiger partial charge in [-0.15, -0.1) is 0 Å². The van der Waals surface area contributed by atoms with Crippen molar-refractivity contribution in [2.45, 2.75) is 30.6 Å². The molecule has 2 fully saturated rings. The number of hydrogen-bond acceptors (Lipinski definition) is 7. The minimum Gasteiger partial charge on any atom is -0.381 e. The lowest BCUT2D eigenvalue weighted by Crippen LogP contribution is -2.42. The molecular weight excluding hydrogens is 440 g/mol. The monoisotopic (exact) mass is 470 g/mol. The Morgan fingerprint density at radius 2 is 2.03 bits per heavy atom. The summed E-state index contributed by atoms with van der Waals surface area (Å²) in [5.41, 5.74) is 0.965. The first-order chi connectivity index (χ1) is 16.2. The number of thioether (sulfide) groups is 1. The van der Waals surface area contributed by atoms with E-state index in [1.807, 2.05) is 35.2 Å².